The Morgan fingerprint density at radius 1 is 0.935 bits per heavy atom. The van der Waals surface area contributed by atoms with E-state index in [4.69, 9.17) is 9.84 Å². The predicted molar refractivity (Wildman–Crippen MR) is 117 cm³/mol. The van der Waals surface area contributed by atoms with Gasteiger partial charge in [-0.1, -0.05) is 62.4 Å². The number of fused-ring (bicyclic) bond motifs is 3. The molecule has 3 rings (SSSR count). The lowest BCUT2D eigenvalue weighted by molar-refractivity contribution is -0.141. The lowest BCUT2D eigenvalue weighted by atomic mass is 9.98. The molecule has 0 saturated carbocycles. The van der Waals surface area contributed by atoms with Gasteiger partial charge in [0.2, 0.25) is 5.91 Å². The van der Waals surface area contributed by atoms with Crippen LogP contribution in [0.5, 0.6) is 0 Å². The first-order chi connectivity index (χ1) is 14.9. The van der Waals surface area contributed by atoms with E-state index in [1.807, 2.05) is 24.3 Å². The molecule has 3 N–H and O–H groups in total. The van der Waals surface area contributed by atoms with Crippen molar-refractivity contribution in [1.29, 1.82) is 0 Å². The van der Waals surface area contributed by atoms with Crippen molar-refractivity contribution in [3.63, 3.8) is 0 Å². The largest absolute Gasteiger partial charge is 0.481 e. The number of aliphatic carboxylic acids is 1. The average molecular weight is 424 g/mol. The maximum absolute atomic E-state index is 12.2. The van der Waals surface area contributed by atoms with Gasteiger partial charge in [-0.25, -0.2) is 4.79 Å². The third kappa shape index (κ3) is 5.42. The van der Waals surface area contributed by atoms with Crippen LogP contribution < -0.4 is 10.6 Å². The molecule has 0 saturated heterocycles. The summed E-state index contributed by atoms with van der Waals surface area (Å²) >= 11 is 0. The molecule has 0 radical (unpaired) electrons. The van der Waals surface area contributed by atoms with Gasteiger partial charge in [-0.2, -0.15) is 0 Å². The highest BCUT2D eigenvalue weighted by Crippen LogP contribution is 2.44. The summed E-state index contributed by atoms with van der Waals surface area (Å²) in [6, 6.07) is 16.2. The minimum Gasteiger partial charge on any atom is -0.481 e. The summed E-state index contributed by atoms with van der Waals surface area (Å²) in [6.45, 7) is 3.92. The number of nitrogens with one attached hydrogen (secondary N) is 2. The van der Waals surface area contributed by atoms with E-state index in [1.54, 1.807) is 13.8 Å². The molecule has 2 atom stereocenters. The second kappa shape index (κ2) is 10.1. The number of ether oxygens (including phenoxy) is 1. The average Bonchev–Trinajstić information content (AvgIpc) is 3.09. The van der Waals surface area contributed by atoms with Crippen molar-refractivity contribution in [2.24, 2.45) is 11.8 Å². The number of carboxylic acid groups (broad SMARTS) is 1. The van der Waals surface area contributed by atoms with Gasteiger partial charge in [0.15, 0.2) is 0 Å². The first-order valence-corrected chi connectivity index (χ1v) is 10.5. The molecule has 0 aliphatic heterocycles. The summed E-state index contributed by atoms with van der Waals surface area (Å²) in [5.41, 5.74) is 4.60. The molecule has 2 amide bonds. The maximum Gasteiger partial charge on any atom is 0.407 e. The van der Waals surface area contributed by atoms with Crippen LogP contribution in [-0.4, -0.2) is 42.8 Å². The number of benzene rings is 2. The van der Waals surface area contributed by atoms with Gasteiger partial charge in [0, 0.05) is 19.0 Å². The Morgan fingerprint density at radius 2 is 1.52 bits per heavy atom. The maximum atomic E-state index is 12.2. The van der Waals surface area contributed by atoms with Gasteiger partial charge in [-0.3, -0.25) is 9.59 Å². The van der Waals surface area contributed by atoms with Crippen molar-refractivity contribution in [3.05, 3.63) is 59.7 Å². The summed E-state index contributed by atoms with van der Waals surface area (Å²) in [7, 11) is 0. The lowest BCUT2D eigenvalue weighted by Gasteiger charge is -2.16. The van der Waals surface area contributed by atoms with Crippen LogP contribution in [0.25, 0.3) is 11.1 Å². The highest BCUT2D eigenvalue weighted by molar-refractivity contribution is 5.80. The Bertz CT molecular complexity index is 913. The number of carboxylic acids is 1. The summed E-state index contributed by atoms with van der Waals surface area (Å²) in [5.74, 6) is -2.12. The van der Waals surface area contributed by atoms with Gasteiger partial charge in [0.05, 0.1) is 11.8 Å². The number of amides is 2. The molecule has 31 heavy (non-hydrogen) atoms. The topological polar surface area (TPSA) is 105 Å². The van der Waals surface area contributed by atoms with Crippen molar-refractivity contribution in [2.75, 3.05) is 19.7 Å². The lowest BCUT2D eigenvalue weighted by Crippen LogP contribution is -2.38. The van der Waals surface area contributed by atoms with Crippen molar-refractivity contribution < 1.29 is 24.2 Å². The molecule has 0 fully saturated rings. The van der Waals surface area contributed by atoms with Crippen LogP contribution >= 0.6 is 0 Å². The van der Waals surface area contributed by atoms with E-state index in [0.29, 0.717) is 6.42 Å². The fraction of sp³-hybridized carbons (Fsp3) is 0.375. The van der Waals surface area contributed by atoms with Crippen LogP contribution in [-0.2, 0) is 14.3 Å². The molecular weight excluding hydrogens is 396 g/mol. The molecule has 7 nitrogen and oxygen atoms in total. The van der Waals surface area contributed by atoms with Crippen LogP contribution in [0.15, 0.2) is 48.5 Å². The molecule has 7 heteroatoms. The van der Waals surface area contributed by atoms with E-state index in [1.165, 1.54) is 0 Å². The summed E-state index contributed by atoms with van der Waals surface area (Å²) in [5, 5.41) is 14.2. The number of carbonyl (C=O) groups excluding carboxylic acids is 2. The quantitative estimate of drug-likeness (QED) is 0.572. The molecule has 2 aromatic rings. The second-order valence-electron chi connectivity index (χ2n) is 7.93. The van der Waals surface area contributed by atoms with E-state index < -0.39 is 23.9 Å². The fourth-order valence-corrected chi connectivity index (χ4v) is 3.69. The minimum atomic E-state index is -0.890. The molecule has 0 heterocycles. The Balaban J connectivity index is 1.45. The van der Waals surface area contributed by atoms with Gasteiger partial charge in [0.25, 0.3) is 0 Å². The van der Waals surface area contributed by atoms with Crippen LogP contribution in [0.2, 0.25) is 0 Å². The first kappa shape index (κ1) is 22.3. The van der Waals surface area contributed by atoms with Gasteiger partial charge < -0.3 is 20.5 Å². The molecule has 2 aromatic carbocycles. The van der Waals surface area contributed by atoms with Crippen molar-refractivity contribution in [2.45, 2.75) is 26.2 Å². The van der Waals surface area contributed by atoms with Crippen LogP contribution in [0.1, 0.15) is 37.3 Å². The molecule has 0 spiro atoms. The number of carbonyl (C=O) groups is 3. The van der Waals surface area contributed by atoms with Gasteiger partial charge in [0.1, 0.15) is 6.61 Å². The van der Waals surface area contributed by atoms with Crippen molar-refractivity contribution in [3.8, 4) is 11.1 Å². The van der Waals surface area contributed by atoms with E-state index in [0.717, 1.165) is 22.3 Å². The molecule has 164 valence electrons. The van der Waals surface area contributed by atoms with Gasteiger partial charge in [-0.05, 0) is 28.7 Å². The Labute approximate surface area is 181 Å². The van der Waals surface area contributed by atoms with Crippen LogP contribution in [0.4, 0.5) is 4.79 Å². The van der Waals surface area contributed by atoms with E-state index in [-0.39, 0.29) is 31.5 Å². The van der Waals surface area contributed by atoms with Crippen molar-refractivity contribution in [1.82, 2.24) is 10.6 Å². The van der Waals surface area contributed by atoms with Crippen LogP contribution in [0, 0.1) is 11.8 Å². The van der Waals surface area contributed by atoms with E-state index in [9.17, 15) is 14.4 Å². The Morgan fingerprint density at radius 3 is 2.10 bits per heavy atom. The molecule has 1 aliphatic rings. The molecular formula is C24H28N2O5. The third-order valence-electron chi connectivity index (χ3n) is 5.64. The van der Waals surface area contributed by atoms with Crippen LogP contribution in [0.3, 0.4) is 0 Å². The third-order valence-corrected chi connectivity index (χ3v) is 5.64. The smallest absolute Gasteiger partial charge is 0.407 e. The Hall–Kier alpha value is -3.35. The van der Waals surface area contributed by atoms with E-state index >= 15 is 0 Å². The zero-order valence-corrected chi connectivity index (χ0v) is 17.8. The number of alkyl carbamates (subject to hydrolysis) is 1. The first-order valence-electron chi connectivity index (χ1n) is 10.5. The monoisotopic (exact) mass is 424 g/mol. The number of hydrogen-bond donors (Lipinski definition) is 3. The summed E-state index contributed by atoms with van der Waals surface area (Å²) in [6.07, 6.45) is -0.214. The standard InChI is InChI=1S/C24H28N2O5/c1-15(23(28)29)11-12-25-22(27)16(2)13-26-24(30)31-14-21-19-9-5-3-7-17(19)18-8-4-6-10-20(18)21/h3-10,15-16,21H,11-14H2,1-2H3,(H,25,27)(H,26,30)(H,28,29). The second-order valence-corrected chi connectivity index (χ2v) is 7.93. The number of rotatable bonds is 9. The predicted octanol–water partition coefficient (Wildman–Crippen LogP) is 3.39. The van der Waals surface area contributed by atoms with Crippen molar-refractivity contribution >= 4 is 18.0 Å². The molecule has 2 unspecified atom stereocenters. The fourth-order valence-electron chi connectivity index (χ4n) is 3.69. The van der Waals surface area contributed by atoms with Gasteiger partial charge >= 0.3 is 12.1 Å². The molecule has 0 bridgehead atoms. The highest BCUT2D eigenvalue weighted by atomic mass is 16.5. The van der Waals surface area contributed by atoms with Gasteiger partial charge in [-0.15, -0.1) is 0 Å². The number of hydrogen-bond acceptors (Lipinski definition) is 4. The molecule has 0 aromatic heterocycles. The normalized spacial score (nSPS) is 14.1. The Kier molecular flexibility index (Phi) is 7.28. The molecule has 1 aliphatic carbocycles. The highest BCUT2D eigenvalue weighted by Gasteiger charge is 2.29. The van der Waals surface area contributed by atoms with E-state index in [2.05, 4.69) is 34.9 Å². The SMILES string of the molecule is CC(CCNC(=O)C(C)CNC(=O)OCC1c2ccccc2-c2ccccc21)C(=O)O. The minimum absolute atomic E-state index is 0.0184. The summed E-state index contributed by atoms with van der Waals surface area (Å²) in [4.78, 5) is 35.1. The zero-order valence-electron chi connectivity index (χ0n) is 17.8. The zero-order chi connectivity index (χ0) is 22.4. The summed E-state index contributed by atoms with van der Waals surface area (Å²) < 4.78 is 5.46.